The van der Waals surface area contributed by atoms with Gasteiger partial charge in [0.1, 0.15) is 0 Å². The molecule has 2 nitrogen and oxygen atoms in total. The maximum Gasteiger partial charge on any atom is 0.0445 e. The van der Waals surface area contributed by atoms with E-state index in [-0.39, 0.29) is 6.61 Å². The summed E-state index contributed by atoms with van der Waals surface area (Å²) in [4.78, 5) is 0. The zero-order chi connectivity index (χ0) is 9.40. The monoisotopic (exact) mass is 173 g/mol. The summed E-state index contributed by atoms with van der Waals surface area (Å²) in [5.74, 6) is 0.797. The van der Waals surface area contributed by atoms with Crippen LogP contribution in [0.1, 0.15) is 40.0 Å². The van der Waals surface area contributed by atoms with E-state index in [9.17, 15) is 0 Å². The molecule has 0 amide bonds. The summed E-state index contributed by atoms with van der Waals surface area (Å²) in [5, 5.41) is 12.1. The summed E-state index contributed by atoms with van der Waals surface area (Å²) in [7, 11) is 0. The molecule has 0 aliphatic rings. The topological polar surface area (TPSA) is 32.3 Å². The molecule has 0 radical (unpaired) electrons. The lowest BCUT2D eigenvalue weighted by atomic mass is 10.0. The van der Waals surface area contributed by atoms with Crippen LogP contribution in [0.3, 0.4) is 0 Å². The van der Waals surface area contributed by atoms with Crippen LogP contribution in [0.15, 0.2) is 0 Å². The second-order valence-corrected chi connectivity index (χ2v) is 3.50. The first-order valence-corrected chi connectivity index (χ1v) is 5.08. The maximum atomic E-state index is 8.68. The van der Waals surface area contributed by atoms with Crippen LogP contribution in [0.25, 0.3) is 0 Å². The molecule has 2 heteroatoms. The van der Waals surface area contributed by atoms with Crippen LogP contribution >= 0.6 is 0 Å². The highest BCUT2D eigenvalue weighted by Crippen LogP contribution is 2.05. The van der Waals surface area contributed by atoms with E-state index in [1.54, 1.807) is 0 Å². The van der Waals surface area contributed by atoms with E-state index >= 15 is 0 Å². The molecule has 0 aromatic rings. The summed E-state index contributed by atoms with van der Waals surface area (Å²) in [6.45, 7) is 7.96. The predicted molar refractivity (Wildman–Crippen MR) is 53.2 cm³/mol. The number of hydrogen-bond donors (Lipinski definition) is 2. The molecule has 0 fully saturated rings. The smallest absolute Gasteiger partial charge is 0.0445 e. The van der Waals surface area contributed by atoms with Gasteiger partial charge in [0.25, 0.3) is 0 Å². The third-order valence-corrected chi connectivity index (χ3v) is 2.47. The molecule has 0 aromatic carbocycles. The number of rotatable bonds is 7. The number of aliphatic hydroxyl groups is 1. The number of nitrogens with one attached hydrogen (secondary N) is 1. The largest absolute Gasteiger partial charge is 0.396 e. The molecule has 0 aliphatic carbocycles. The van der Waals surface area contributed by atoms with E-state index < -0.39 is 0 Å². The van der Waals surface area contributed by atoms with Crippen LogP contribution in [0.4, 0.5) is 0 Å². The second-order valence-electron chi connectivity index (χ2n) is 3.50. The van der Waals surface area contributed by atoms with Gasteiger partial charge in [0.15, 0.2) is 0 Å². The lowest BCUT2D eigenvalue weighted by molar-refractivity contribution is 0.265. The van der Waals surface area contributed by atoms with Crippen molar-refractivity contribution < 1.29 is 5.11 Å². The van der Waals surface area contributed by atoms with E-state index in [4.69, 9.17) is 5.11 Å². The fourth-order valence-electron chi connectivity index (χ4n) is 1.24. The maximum absolute atomic E-state index is 8.68. The van der Waals surface area contributed by atoms with Crippen LogP contribution in [0.2, 0.25) is 0 Å². The molecule has 1 atom stereocenters. The van der Waals surface area contributed by atoms with Gasteiger partial charge in [-0.1, -0.05) is 26.7 Å². The van der Waals surface area contributed by atoms with Crippen LogP contribution in [0, 0.1) is 5.92 Å². The van der Waals surface area contributed by atoms with Gasteiger partial charge >= 0.3 is 0 Å². The van der Waals surface area contributed by atoms with Crippen molar-refractivity contribution in [2.24, 2.45) is 5.92 Å². The molecular weight excluding hydrogens is 150 g/mol. The molecule has 12 heavy (non-hydrogen) atoms. The van der Waals surface area contributed by atoms with Crippen molar-refractivity contribution in [3.8, 4) is 0 Å². The third kappa shape index (κ3) is 5.56. The van der Waals surface area contributed by atoms with Gasteiger partial charge < -0.3 is 10.4 Å². The summed E-state index contributed by atoms with van der Waals surface area (Å²) < 4.78 is 0. The van der Waals surface area contributed by atoms with Crippen LogP contribution in [0.5, 0.6) is 0 Å². The fraction of sp³-hybridized carbons (Fsp3) is 1.00. The summed E-state index contributed by atoms with van der Waals surface area (Å²) in [6, 6.07) is 0.454. The molecule has 74 valence electrons. The van der Waals surface area contributed by atoms with Crippen molar-refractivity contribution >= 4 is 0 Å². The van der Waals surface area contributed by atoms with Crippen molar-refractivity contribution in [1.82, 2.24) is 5.32 Å². The van der Waals surface area contributed by atoms with E-state index in [0.717, 1.165) is 18.9 Å². The molecule has 0 spiro atoms. The highest BCUT2D eigenvalue weighted by Gasteiger charge is 2.05. The zero-order valence-electron chi connectivity index (χ0n) is 8.64. The molecule has 0 bridgehead atoms. The van der Waals surface area contributed by atoms with Gasteiger partial charge in [0.05, 0.1) is 0 Å². The Balaban J connectivity index is 3.37. The molecule has 1 unspecified atom stereocenters. The van der Waals surface area contributed by atoms with Crippen molar-refractivity contribution in [3.05, 3.63) is 0 Å². The Morgan fingerprint density at radius 1 is 1.25 bits per heavy atom. The molecule has 0 aliphatic heterocycles. The lowest BCUT2D eigenvalue weighted by Gasteiger charge is -2.17. The SMILES string of the molecule is CCC(CC)CNC(C)CCO. The molecule has 0 rings (SSSR count). The Morgan fingerprint density at radius 3 is 2.25 bits per heavy atom. The Bertz CT molecular complexity index is 91.8. The Kier molecular flexibility index (Phi) is 7.51. The Morgan fingerprint density at radius 2 is 1.83 bits per heavy atom. The Hall–Kier alpha value is -0.0800. The first-order valence-electron chi connectivity index (χ1n) is 5.08. The summed E-state index contributed by atoms with van der Waals surface area (Å²) in [5.41, 5.74) is 0. The van der Waals surface area contributed by atoms with Crippen molar-refractivity contribution in [2.75, 3.05) is 13.2 Å². The van der Waals surface area contributed by atoms with Gasteiger partial charge in [-0.2, -0.15) is 0 Å². The predicted octanol–water partition coefficient (Wildman–Crippen LogP) is 1.78. The van der Waals surface area contributed by atoms with Crippen LogP contribution in [-0.2, 0) is 0 Å². The molecule has 2 N–H and O–H groups in total. The first kappa shape index (κ1) is 11.9. The summed E-state index contributed by atoms with van der Waals surface area (Å²) in [6.07, 6.45) is 3.35. The highest BCUT2D eigenvalue weighted by molar-refractivity contribution is 4.64. The normalized spacial score (nSPS) is 13.8. The standard InChI is InChI=1S/C10H23NO/c1-4-10(5-2)8-11-9(3)6-7-12/h9-12H,4-8H2,1-3H3. The average Bonchev–Trinajstić information content (AvgIpc) is 2.07. The zero-order valence-corrected chi connectivity index (χ0v) is 8.64. The second kappa shape index (κ2) is 7.56. The number of aliphatic hydroxyl groups excluding tert-OH is 1. The first-order chi connectivity index (χ1) is 5.74. The minimum Gasteiger partial charge on any atom is -0.396 e. The number of hydrogen-bond acceptors (Lipinski definition) is 2. The third-order valence-electron chi connectivity index (χ3n) is 2.47. The van der Waals surface area contributed by atoms with Crippen LogP contribution in [-0.4, -0.2) is 24.3 Å². The van der Waals surface area contributed by atoms with Crippen molar-refractivity contribution in [3.63, 3.8) is 0 Å². The van der Waals surface area contributed by atoms with Crippen molar-refractivity contribution in [2.45, 2.75) is 46.1 Å². The van der Waals surface area contributed by atoms with E-state index in [1.807, 2.05) is 0 Å². The van der Waals surface area contributed by atoms with E-state index in [0.29, 0.717) is 6.04 Å². The average molecular weight is 173 g/mol. The quantitative estimate of drug-likeness (QED) is 0.615. The van der Waals surface area contributed by atoms with Gasteiger partial charge in [-0.25, -0.2) is 0 Å². The van der Waals surface area contributed by atoms with Gasteiger partial charge in [0, 0.05) is 12.6 Å². The molecule has 0 heterocycles. The van der Waals surface area contributed by atoms with E-state index in [1.165, 1.54) is 12.8 Å². The van der Waals surface area contributed by atoms with Gasteiger partial charge in [-0.15, -0.1) is 0 Å². The van der Waals surface area contributed by atoms with Gasteiger partial charge in [-0.3, -0.25) is 0 Å². The van der Waals surface area contributed by atoms with Crippen LogP contribution < -0.4 is 5.32 Å². The fourth-order valence-corrected chi connectivity index (χ4v) is 1.24. The summed E-state index contributed by atoms with van der Waals surface area (Å²) >= 11 is 0. The van der Waals surface area contributed by atoms with Gasteiger partial charge in [-0.05, 0) is 25.8 Å². The molecule has 0 aromatic heterocycles. The lowest BCUT2D eigenvalue weighted by Crippen LogP contribution is -2.31. The minimum atomic E-state index is 0.289. The highest BCUT2D eigenvalue weighted by atomic mass is 16.3. The molecule has 0 saturated carbocycles. The van der Waals surface area contributed by atoms with Crippen molar-refractivity contribution in [1.29, 1.82) is 0 Å². The minimum absolute atomic E-state index is 0.289. The Labute approximate surface area is 76.4 Å². The molecular formula is C10H23NO. The van der Waals surface area contributed by atoms with E-state index in [2.05, 4.69) is 26.1 Å². The van der Waals surface area contributed by atoms with Gasteiger partial charge in [0.2, 0.25) is 0 Å². The molecule has 0 saturated heterocycles.